The quantitative estimate of drug-likeness (QED) is 0.618. The first-order chi connectivity index (χ1) is 13.2. The number of hydrogen-bond acceptors (Lipinski definition) is 6. The highest BCUT2D eigenvalue weighted by Gasteiger charge is 2.27. The van der Waals surface area contributed by atoms with Crippen molar-refractivity contribution in [2.24, 2.45) is 0 Å². The third kappa shape index (κ3) is 5.31. The van der Waals surface area contributed by atoms with Gasteiger partial charge in [-0.1, -0.05) is 33.8 Å². The molecule has 0 atom stereocenters. The molecule has 10 heteroatoms. The molecule has 0 aliphatic heterocycles. The van der Waals surface area contributed by atoms with Crippen molar-refractivity contribution in [1.29, 1.82) is 0 Å². The van der Waals surface area contributed by atoms with Crippen LogP contribution < -0.4 is 10.0 Å². The van der Waals surface area contributed by atoms with Gasteiger partial charge in [-0.2, -0.15) is 0 Å². The molecule has 0 saturated carbocycles. The number of urea groups is 1. The Bertz CT molecular complexity index is 1010. The van der Waals surface area contributed by atoms with E-state index < -0.39 is 27.5 Å². The standard InChI is InChI=1S/C19H26FN3O4S2/c1-10(2)12-7-8-13(20)15(11(3)4)16(12)22-18(24)23-29(26,27)14-9-21-17(28-14)19(5,6)25/h7-11,25H,1-6H3,(H2,22,23,24). The predicted octanol–water partition coefficient (Wildman–Crippen LogP) is 4.27. The number of carbonyl (C=O) groups excluding carboxylic acids is 1. The normalized spacial score (nSPS) is 12.5. The van der Waals surface area contributed by atoms with Gasteiger partial charge in [0.25, 0.3) is 10.0 Å². The Morgan fingerprint density at radius 2 is 1.83 bits per heavy atom. The van der Waals surface area contributed by atoms with Gasteiger partial charge in [0, 0.05) is 5.56 Å². The van der Waals surface area contributed by atoms with Crippen molar-refractivity contribution in [3.8, 4) is 0 Å². The fraction of sp³-hybridized carbons (Fsp3) is 0.474. The van der Waals surface area contributed by atoms with E-state index >= 15 is 0 Å². The first-order valence-electron chi connectivity index (χ1n) is 9.08. The summed E-state index contributed by atoms with van der Waals surface area (Å²) >= 11 is 0.762. The number of amides is 2. The van der Waals surface area contributed by atoms with Gasteiger partial charge < -0.3 is 10.4 Å². The van der Waals surface area contributed by atoms with Gasteiger partial charge in [0.15, 0.2) is 4.21 Å². The molecule has 160 valence electrons. The number of nitrogens with one attached hydrogen (secondary N) is 2. The average molecular weight is 444 g/mol. The topological polar surface area (TPSA) is 108 Å². The largest absolute Gasteiger partial charge is 0.383 e. The fourth-order valence-electron chi connectivity index (χ4n) is 2.77. The van der Waals surface area contributed by atoms with Gasteiger partial charge in [-0.3, -0.25) is 0 Å². The molecule has 0 aliphatic rings. The lowest BCUT2D eigenvalue weighted by Crippen LogP contribution is -2.34. The predicted molar refractivity (Wildman–Crippen MR) is 111 cm³/mol. The van der Waals surface area contributed by atoms with Gasteiger partial charge in [0.2, 0.25) is 0 Å². The van der Waals surface area contributed by atoms with E-state index in [1.54, 1.807) is 19.9 Å². The number of nitrogens with zero attached hydrogens (tertiary/aromatic N) is 1. The van der Waals surface area contributed by atoms with E-state index in [-0.39, 0.29) is 26.7 Å². The molecule has 7 nitrogen and oxygen atoms in total. The van der Waals surface area contributed by atoms with Crippen LogP contribution in [0.5, 0.6) is 0 Å². The summed E-state index contributed by atoms with van der Waals surface area (Å²) in [5, 5.41) is 12.7. The van der Waals surface area contributed by atoms with Crippen molar-refractivity contribution in [3.05, 3.63) is 40.3 Å². The van der Waals surface area contributed by atoms with Gasteiger partial charge in [-0.25, -0.2) is 27.3 Å². The third-order valence-electron chi connectivity index (χ3n) is 4.16. The summed E-state index contributed by atoms with van der Waals surface area (Å²) in [6.45, 7) is 10.3. The minimum absolute atomic E-state index is 0.0177. The second-order valence-electron chi connectivity index (χ2n) is 7.84. The van der Waals surface area contributed by atoms with Crippen LogP contribution in [0, 0.1) is 5.82 Å². The number of benzene rings is 1. The number of sulfonamides is 1. The van der Waals surface area contributed by atoms with Gasteiger partial charge >= 0.3 is 6.03 Å². The van der Waals surface area contributed by atoms with Gasteiger partial charge in [-0.05, 0) is 37.3 Å². The van der Waals surface area contributed by atoms with Crippen LogP contribution in [0.1, 0.15) is 69.5 Å². The van der Waals surface area contributed by atoms with Crippen molar-refractivity contribution >= 4 is 33.1 Å². The molecule has 0 spiro atoms. The Balaban J connectivity index is 2.33. The van der Waals surface area contributed by atoms with Crippen LogP contribution in [0.4, 0.5) is 14.9 Å². The van der Waals surface area contributed by atoms with Crippen LogP contribution in [0.2, 0.25) is 0 Å². The summed E-state index contributed by atoms with van der Waals surface area (Å²) < 4.78 is 41.1. The summed E-state index contributed by atoms with van der Waals surface area (Å²) in [6, 6.07) is 1.92. The van der Waals surface area contributed by atoms with Crippen molar-refractivity contribution in [2.45, 2.75) is 63.2 Å². The van der Waals surface area contributed by atoms with Crippen molar-refractivity contribution < 1.29 is 22.7 Å². The van der Waals surface area contributed by atoms with Crippen LogP contribution >= 0.6 is 11.3 Å². The van der Waals surface area contributed by atoms with Crippen LogP contribution in [0.3, 0.4) is 0 Å². The molecule has 2 aromatic rings. The molecule has 1 aromatic carbocycles. The number of anilines is 1. The molecule has 3 N–H and O–H groups in total. The zero-order valence-electron chi connectivity index (χ0n) is 17.2. The molecule has 0 aliphatic carbocycles. The highest BCUT2D eigenvalue weighted by Crippen LogP contribution is 2.34. The summed E-state index contributed by atoms with van der Waals surface area (Å²) in [4.78, 5) is 16.4. The SMILES string of the molecule is CC(C)c1ccc(F)c(C(C)C)c1NC(=O)NS(=O)(=O)c1cnc(C(C)(C)O)s1. The van der Waals surface area contributed by atoms with E-state index in [9.17, 15) is 22.7 Å². The highest BCUT2D eigenvalue weighted by atomic mass is 32.2. The Kier molecular flexibility index (Phi) is 6.71. The summed E-state index contributed by atoms with van der Waals surface area (Å²) in [5.74, 6) is -0.716. The lowest BCUT2D eigenvalue weighted by Gasteiger charge is -2.21. The molecule has 2 rings (SSSR count). The smallest absolute Gasteiger partial charge is 0.333 e. The van der Waals surface area contributed by atoms with Crippen molar-refractivity contribution in [3.63, 3.8) is 0 Å². The lowest BCUT2D eigenvalue weighted by molar-refractivity contribution is 0.0783. The van der Waals surface area contributed by atoms with Crippen LogP contribution in [0.25, 0.3) is 0 Å². The van der Waals surface area contributed by atoms with Crippen LogP contribution in [-0.2, 0) is 15.6 Å². The van der Waals surface area contributed by atoms with Gasteiger partial charge in [0.05, 0.1) is 11.9 Å². The van der Waals surface area contributed by atoms with Crippen molar-refractivity contribution in [2.75, 3.05) is 5.32 Å². The summed E-state index contributed by atoms with van der Waals surface area (Å²) in [7, 11) is -4.21. The minimum atomic E-state index is -4.21. The lowest BCUT2D eigenvalue weighted by atomic mass is 9.92. The molecule has 0 unspecified atom stereocenters. The zero-order chi connectivity index (χ0) is 22.1. The molecule has 29 heavy (non-hydrogen) atoms. The molecule has 0 saturated heterocycles. The fourth-order valence-corrected chi connectivity index (χ4v) is 4.81. The Morgan fingerprint density at radius 3 is 2.31 bits per heavy atom. The molecular formula is C19H26FN3O4S2. The Labute approximate surface area is 174 Å². The number of thiazole rings is 1. The maximum atomic E-state index is 14.4. The van der Waals surface area contributed by atoms with E-state index in [1.807, 2.05) is 18.6 Å². The second kappa shape index (κ2) is 8.37. The Morgan fingerprint density at radius 1 is 1.21 bits per heavy atom. The van der Waals surface area contributed by atoms with E-state index in [2.05, 4.69) is 10.3 Å². The molecule has 0 bridgehead atoms. The van der Waals surface area contributed by atoms with Crippen molar-refractivity contribution in [1.82, 2.24) is 9.71 Å². The highest BCUT2D eigenvalue weighted by molar-refractivity contribution is 7.92. The minimum Gasteiger partial charge on any atom is -0.383 e. The van der Waals surface area contributed by atoms with Crippen LogP contribution in [-0.4, -0.2) is 24.5 Å². The number of halogens is 1. The molecule has 0 radical (unpaired) electrons. The first kappa shape index (κ1) is 23.2. The number of aliphatic hydroxyl groups is 1. The zero-order valence-corrected chi connectivity index (χ0v) is 18.8. The number of aromatic nitrogens is 1. The van der Waals surface area contributed by atoms with Gasteiger partial charge in [0.1, 0.15) is 16.4 Å². The van der Waals surface area contributed by atoms with E-state index in [4.69, 9.17) is 0 Å². The maximum Gasteiger partial charge on any atom is 0.333 e. The monoisotopic (exact) mass is 443 g/mol. The van der Waals surface area contributed by atoms with Crippen LogP contribution in [0.15, 0.2) is 22.5 Å². The van der Waals surface area contributed by atoms with E-state index in [1.165, 1.54) is 19.9 Å². The van der Waals surface area contributed by atoms with E-state index in [0.29, 0.717) is 11.1 Å². The second-order valence-corrected chi connectivity index (χ2v) is 10.8. The summed E-state index contributed by atoms with van der Waals surface area (Å²) in [6.07, 6.45) is 1.08. The molecule has 1 aromatic heterocycles. The summed E-state index contributed by atoms with van der Waals surface area (Å²) in [5.41, 5.74) is -0.0274. The Hall–Kier alpha value is -2.04. The third-order valence-corrected chi connectivity index (χ3v) is 7.26. The number of carbonyl (C=O) groups is 1. The molecular weight excluding hydrogens is 417 g/mol. The maximum absolute atomic E-state index is 14.4. The molecule has 2 amide bonds. The first-order valence-corrected chi connectivity index (χ1v) is 11.4. The van der Waals surface area contributed by atoms with Gasteiger partial charge in [-0.15, -0.1) is 11.3 Å². The number of hydrogen-bond donors (Lipinski definition) is 3. The molecule has 0 fully saturated rings. The number of rotatable bonds is 6. The van der Waals surface area contributed by atoms with E-state index in [0.717, 1.165) is 17.5 Å². The molecule has 1 heterocycles. The average Bonchev–Trinajstić information content (AvgIpc) is 3.04.